The van der Waals surface area contributed by atoms with Crippen LogP contribution in [0.15, 0.2) is 29.0 Å². The van der Waals surface area contributed by atoms with Crippen LogP contribution in [0.25, 0.3) is 11.0 Å². The van der Waals surface area contributed by atoms with Gasteiger partial charge < -0.3 is 14.1 Å². The van der Waals surface area contributed by atoms with Crippen LogP contribution in [0.1, 0.15) is 19.3 Å². The van der Waals surface area contributed by atoms with E-state index in [1.807, 2.05) is 12.1 Å². The van der Waals surface area contributed by atoms with E-state index in [1.54, 1.807) is 12.5 Å². The van der Waals surface area contributed by atoms with Gasteiger partial charge in [0.05, 0.1) is 17.7 Å². The van der Waals surface area contributed by atoms with E-state index in [-0.39, 0.29) is 6.04 Å². The molecule has 1 saturated heterocycles. The number of pyridine rings is 1. The van der Waals surface area contributed by atoms with Crippen LogP contribution in [-0.4, -0.2) is 23.9 Å². The first-order valence-corrected chi connectivity index (χ1v) is 5.94. The van der Waals surface area contributed by atoms with Crippen molar-refractivity contribution in [3.8, 4) is 0 Å². The smallest absolute Gasteiger partial charge is 0.142 e. The van der Waals surface area contributed by atoms with Crippen molar-refractivity contribution < 1.29 is 9.21 Å². The normalized spacial score (nSPS) is 20.7. The van der Waals surface area contributed by atoms with E-state index in [0.717, 1.165) is 48.9 Å². The van der Waals surface area contributed by atoms with Crippen molar-refractivity contribution in [1.82, 2.24) is 4.98 Å². The van der Waals surface area contributed by atoms with Crippen LogP contribution in [0.5, 0.6) is 0 Å². The zero-order valence-corrected chi connectivity index (χ0v) is 9.50. The van der Waals surface area contributed by atoms with Gasteiger partial charge in [0.25, 0.3) is 0 Å². The molecule has 4 nitrogen and oxygen atoms in total. The zero-order chi connectivity index (χ0) is 11.7. The molecule has 0 radical (unpaired) electrons. The average Bonchev–Trinajstić information content (AvgIpc) is 2.86. The van der Waals surface area contributed by atoms with Gasteiger partial charge in [0.15, 0.2) is 0 Å². The summed E-state index contributed by atoms with van der Waals surface area (Å²) in [6.45, 7) is 0.890. The van der Waals surface area contributed by atoms with Crippen molar-refractivity contribution in [2.45, 2.75) is 25.3 Å². The Morgan fingerprint density at radius 1 is 1.41 bits per heavy atom. The Morgan fingerprint density at radius 3 is 3.24 bits per heavy atom. The van der Waals surface area contributed by atoms with Crippen molar-refractivity contribution in [2.75, 3.05) is 11.4 Å². The molecule has 2 aromatic rings. The molecule has 17 heavy (non-hydrogen) atoms. The molecular formula is C13H14N2O2. The first kappa shape index (κ1) is 10.3. The molecule has 3 heterocycles. The number of anilines is 1. The molecule has 0 aromatic carbocycles. The fourth-order valence-corrected chi connectivity index (χ4v) is 2.47. The highest BCUT2D eigenvalue weighted by molar-refractivity contribution is 5.89. The zero-order valence-electron chi connectivity index (χ0n) is 9.50. The maximum Gasteiger partial charge on any atom is 0.142 e. The molecule has 0 bridgehead atoms. The second kappa shape index (κ2) is 4.20. The Hall–Kier alpha value is -1.84. The minimum Gasteiger partial charge on any atom is -0.464 e. The van der Waals surface area contributed by atoms with Crippen LogP contribution in [0.3, 0.4) is 0 Å². The predicted molar refractivity (Wildman–Crippen MR) is 65.1 cm³/mol. The van der Waals surface area contributed by atoms with Gasteiger partial charge in [-0.1, -0.05) is 0 Å². The molecule has 1 fully saturated rings. The van der Waals surface area contributed by atoms with Crippen molar-refractivity contribution >= 4 is 23.1 Å². The third-order valence-electron chi connectivity index (χ3n) is 3.34. The number of rotatable bonds is 2. The third-order valence-corrected chi connectivity index (χ3v) is 3.34. The number of furan rings is 1. The van der Waals surface area contributed by atoms with Gasteiger partial charge in [-0.05, 0) is 31.4 Å². The van der Waals surface area contributed by atoms with E-state index >= 15 is 0 Å². The second-order valence-electron chi connectivity index (χ2n) is 4.36. The number of nitrogens with zero attached hydrogens (tertiary/aromatic N) is 2. The Kier molecular flexibility index (Phi) is 2.55. The van der Waals surface area contributed by atoms with Crippen molar-refractivity contribution in [1.29, 1.82) is 0 Å². The quantitative estimate of drug-likeness (QED) is 0.743. The minimum absolute atomic E-state index is 0.0447. The average molecular weight is 230 g/mol. The van der Waals surface area contributed by atoms with Crippen LogP contribution in [0.4, 0.5) is 5.82 Å². The molecule has 1 aliphatic rings. The molecule has 1 aliphatic heterocycles. The number of aromatic nitrogens is 1. The second-order valence-corrected chi connectivity index (χ2v) is 4.36. The highest BCUT2D eigenvalue weighted by atomic mass is 16.3. The van der Waals surface area contributed by atoms with Gasteiger partial charge in [0.1, 0.15) is 17.7 Å². The van der Waals surface area contributed by atoms with Crippen LogP contribution in [0, 0.1) is 0 Å². The van der Waals surface area contributed by atoms with E-state index in [4.69, 9.17) is 4.42 Å². The van der Waals surface area contributed by atoms with E-state index < -0.39 is 0 Å². The number of fused-ring (bicyclic) bond motifs is 1. The molecule has 1 atom stereocenters. The first-order valence-electron chi connectivity index (χ1n) is 5.94. The summed E-state index contributed by atoms with van der Waals surface area (Å²) in [5.74, 6) is 0.869. The molecular weight excluding hydrogens is 216 g/mol. The lowest BCUT2D eigenvalue weighted by atomic mass is 10.0. The predicted octanol–water partition coefficient (Wildman–Crippen LogP) is 2.39. The molecule has 0 aliphatic carbocycles. The summed E-state index contributed by atoms with van der Waals surface area (Å²) in [5, 5.41) is 0.987. The summed E-state index contributed by atoms with van der Waals surface area (Å²) in [6.07, 6.45) is 7.56. The number of piperidine rings is 1. The van der Waals surface area contributed by atoms with Gasteiger partial charge in [0, 0.05) is 12.7 Å². The third kappa shape index (κ3) is 1.69. The molecule has 88 valence electrons. The number of aldehydes is 1. The van der Waals surface area contributed by atoms with Crippen molar-refractivity contribution in [2.24, 2.45) is 0 Å². The molecule has 0 amide bonds. The SMILES string of the molecule is O=CC1CCCCN1c1nccc2occc12. The fraction of sp³-hybridized carbons (Fsp3) is 0.385. The largest absolute Gasteiger partial charge is 0.464 e. The van der Waals surface area contributed by atoms with Crippen LogP contribution in [-0.2, 0) is 4.79 Å². The van der Waals surface area contributed by atoms with Gasteiger partial charge in [-0.3, -0.25) is 0 Å². The van der Waals surface area contributed by atoms with Crippen molar-refractivity contribution in [3.63, 3.8) is 0 Å². The van der Waals surface area contributed by atoms with Crippen LogP contribution < -0.4 is 4.90 Å². The van der Waals surface area contributed by atoms with E-state index in [2.05, 4.69) is 9.88 Å². The molecule has 0 saturated carbocycles. The Labute approximate surface area is 99.2 Å². The topological polar surface area (TPSA) is 46.3 Å². The van der Waals surface area contributed by atoms with Gasteiger partial charge in [-0.25, -0.2) is 4.98 Å². The number of hydrogen-bond donors (Lipinski definition) is 0. The lowest BCUT2D eigenvalue weighted by Gasteiger charge is -2.33. The van der Waals surface area contributed by atoms with Crippen LogP contribution in [0.2, 0.25) is 0 Å². The Morgan fingerprint density at radius 2 is 2.35 bits per heavy atom. The van der Waals surface area contributed by atoms with Gasteiger partial charge in [0.2, 0.25) is 0 Å². The number of carbonyl (C=O) groups excluding carboxylic acids is 1. The molecule has 0 N–H and O–H groups in total. The number of carbonyl (C=O) groups is 1. The summed E-state index contributed by atoms with van der Waals surface area (Å²) < 4.78 is 5.36. The summed E-state index contributed by atoms with van der Waals surface area (Å²) in [5.41, 5.74) is 0.824. The summed E-state index contributed by atoms with van der Waals surface area (Å²) >= 11 is 0. The van der Waals surface area contributed by atoms with Crippen LogP contribution >= 0.6 is 0 Å². The van der Waals surface area contributed by atoms with E-state index in [1.165, 1.54) is 0 Å². The highest BCUT2D eigenvalue weighted by Crippen LogP contribution is 2.29. The Bertz CT molecular complexity index is 535. The monoisotopic (exact) mass is 230 g/mol. The lowest BCUT2D eigenvalue weighted by Crippen LogP contribution is -2.41. The van der Waals surface area contributed by atoms with Gasteiger partial charge in [-0.15, -0.1) is 0 Å². The first-order chi connectivity index (χ1) is 8.40. The minimum atomic E-state index is -0.0447. The Balaban J connectivity index is 2.07. The maximum absolute atomic E-state index is 11.1. The van der Waals surface area contributed by atoms with E-state index in [0.29, 0.717) is 0 Å². The summed E-state index contributed by atoms with van der Waals surface area (Å²) in [7, 11) is 0. The lowest BCUT2D eigenvalue weighted by molar-refractivity contribution is -0.109. The summed E-state index contributed by atoms with van der Waals surface area (Å²) in [4.78, 5) is 17.6. The van der Waals surface area contributed by atoms with E-state index in [9.17, 15) is 4.79 Å². The number of hydrogen-bond acceptors (Lipinski definition) is 4. The molecule has 3 rings (SSSR count). The summed E-state index contributed by atoms with van der Waals surface area (Å²) in [6, 6.07) is 3.71. The molecule has 1 unspecified atom stereocenters. The maximum atomic E-state index is 11.1. The standard InChI is InChI=1S/C13H14N2O2/c16-9-10-3-1-2-7-15(10)13-11-5-8-17-12(11)4-6-14-13/h4-6,8-10H,1-3,7H2. The molecule has 2 aromatic heterocycles. The molecule has 4 heteroatoms. The van der Waals surface area contributed by atoms with Crippen molar-refractivity contribution in [3.05, 3.63) is 24.6 Å². The fourth-order valence-electron chi connectivity index (χ4n) is 2.47. The van der Waals surface area contributed by atoms with Gasteiger partial charge >= 0.3 is 0 Å². The highest BCUT2D eigenvalue weighted by Gasteiger charge is 2.24. The molecule has 0 spiro atoms. The van der Waals surface area contributed by atoms with Gasteiger partial charge in [-0.2, -0.15) is 0 Å².